The first-order valence-corrected chi connectivity index (χ1v) is 3.70. The average Bonchev–Trinajstić information content (AvgIpc) is 1.59. The first-order valence-electron chi connectivity index (χ1n) is 3.32. The highest BCUT2D eigenvalue weighted by molar-refractivity contribution is 6.67. The molecule has 2 heteroatoms. The molecule has 0 saturated heterocycles. The van der Waals surface area contributed by atoms with Gasteiger partial charge in [-0.1, -0.05) is 38.4 Å². The minimum absolute atomic E-state index is 0.101. The Morgan fingerprint density at radius 2 is 2.00 bits per heavy atom. The molecule has 0 aliphatic heterocycles. The summed E-state index contributed by atoms with van der Waals surface area (Å²) in [6, 6.07) is 0. The van der Waals surface area contributed by atoms with Crippen molar-refractivity contribution in [2.45, 2.75) is 27.2 Å². The predicted molar refractivity (Wildman–Crippen MR) is 46.8 cm³/mol. The number of hydrogen-bond acceptors (Lipinski definition) is 1. The molecule has 0 fully saturated rings. The van der Waals surface area contributed by atoms with Crippen LogP contribution in [0.4, 0.5) is 0 Å². The Labute approximate surface area is 67.6 Å². The molecule has 0 atom stereocenters. The van der Waals surface area contributed by atoms with Gasteiger partial charge in [-0.2, -0.15) is 0 Å². The predicted octanol–water partition coefficient (Wildman–Crippen LogP) is 3.19. The van der Waals surface area contributed by atoms with Gasteiger partial charge in [0, 0.05) is 0 Å². The zero-order valence-corrected chi connectivity index (χ0v) is 7.50. The highest BCUT2D eigenvalue weighted by Crippen LogP contribution is 2.18. The number of rotatable bonds is 2. The lowest BCUT2D eigenvalue weighted by Gasteiger charge is -2.14. The first-order chi connectivity index (χ1) is 4.42. The quantitative estimate of drug-likeness (QED) is 0.599. The fourth-order valence-electron chi connectivity index (χ4n) is 0.516. The molecule has 0 aliphatic rings. The van der Waals surface area contributed by atoms with Crippen molar-refractivity contribution in [1.29, 1.82) is 5.41 Å². The molecule has 1 N–H and O–H groups in total. The molecule has 0 unspecified atom stereocenters. The van der Waals surface area contributed by atoms with Crippen LogP contribution in [0, 0.1) is 10.8 Å². The second-order valence-corrected chi connectivity index (χ2v) is 3.92. The van der Waals surface area contributed by atoms with Crippen LogP contribution in [0.15, 0.2) is 12.2 Å². The van der Waals surface area contributed by atoms with Crippen molar-refractivity contribution in [3.8, 4) is 0 Å². The Balaban J connectivity index is 3.64. The minimum Gasteiger partial charge on any atom is -0.289 e. The molecule has 0 aliphatic carbocycles. The molecule has 58 valence electrons. The van der Waals surface area contributed by atoms with Crippen LogP contribution in [0.3, 0.4) is 0 Å². The molecule has 0 spiro atoms. The molecule has 0 rings (SSSR count). The highest BCUT2D eigenvalue weighted by atomic mass is 35.5. The Bertz CT molecular complexity index is 142. The molecule has 0 aromatic carbocycles. The summed E-state index contributed by atoms with van der Waals surface area (Å²) in [5.74, 6) is 0. The van der Waals surface area contributed by atoms with E-state index < -0.39 is 0 Å². The fourth-order valence-corrected chi connectivity index (χ4v) is 0.605. The van der Waals surface area contributed by atoms with Gasteiger partial charge in [-0.3, -0.25) is 5.41 Å². The van der Waals surface area contributed by atoms with Gasteiger partial charge in [0.1, 0.15) is 5.17 Å². The van der Waals surface area contributed by atoms with Crippen molar-refractivity contribution in [2.75, 3.05) is 0 Å². The van der Waals surface area contributed by atoms with E-state index in [4.69, 9.17) is 17.0 Å². The van der Waals surface area contributed by atoms with Crippen molar-refractivity contribution >= 4 is 16.8 Å². The summed E-state index contributed by atoms with van der Waals surface area (Å²) in [6.45, 7) is 6.44. The van der Waals surface area contributed by atoms with Crippen LogP contribution in [0.2, 0.25) is 0 Å². The Morgan fingerprint density at radius 1 is 1.50 bits per heavy atom. The molecular formula is C8H14ClN. The maximum absolute atomic E-state index is 6.88. The van der Waals surface area contributed by atoms with Crippen molar-refractivity contribution in [3.63, 3.8) is 0 Å². The monoisotopic (exact) mass is 159 g/mol. The maximum Gasteiger partial charge on any atom is 0.120 e. The van der Waals surface area contributed by atoms with Gasteiger partial charge in [0.05, 0.1) is 0 Å². The zero-order valence-electron chi connectivity index (χ0n) is 6.74. The van der Waals surface area contributed by atoms with Gasteiger partial charge in [0.15, 0.2) is 0 Å². The molecule has 0 amide bonds. The molecule has 0 saturated carbocycles. The standard InChI is InChI=1S/C8H14ClN/c1-8(2,3)6-4-5-7(9)10/h4-5,10H,6H2,1-3H3/b5-4-,10-7?. The van der Waals surface area contributed by atoms with Crippen molar-refractivity contribution < 1.29 is 0 Å². The zero-order chi connectivity index (χ0) is 8.20. The molecule has 0 aromatic heterocycles. The van der Waals surface area contributed by atoms with E-state index in [1.54, 1.807) is 6.08 Å². The van der Waals surface area contributed by atoms with Gasteiger partial charge in [-0.25, -0.2) is 0 Å². The van der Waals surface area contributed by atoms with E-state index in [1.807, 2.05) is 6.08 Å². The summed E-state index contributed by atoms with van der Waals surface area (Å²) < 4.78 is 0. The van der Waals surface area contributed by atoms with E-state index in [2.05, 4.69) is 20.8 Å². The van der Waals surface area contributed by atoms with Gasteiger partial charge >= 0.3 is 0 Å². The third kappa shape index (κ3) is 7.70. The molecule has 0 aromatic rings. The number of nitrogens with one attached hydrogen (secondary N) is 1. The van der Waals surface area contributed by atoms with Crippen molar-refractivity contribution in [2.24, 2.45) is 5.41 Å². The van der Waals surface area contributed by atoms with Gasteiger partial charge in [-0.05, 0) is 17.9 Å². The van der Waals surface area contributed by atoms with Crippen molar-refractivity contribution in [1.82, 2.24) is 0 Å². The van der Waals surface area contributed by atoms with Gasteiger partial charge in [-0.15, -0.1) is 0 Å². The fraction of sp³-hybridized carbons (Fsp3) is 0.625. The lowest BCUT2D eigenvalue weighted by molar-refractivity contribution is 0.421. The van der Waals surface area contributed by atoms with Crippen LogP contribution in [-0.4, -0.2) is 5.17 Å². The molecule has 10 heavy (non-hydrogen) atoms. The number of halogens is 1. The number of allylic oxidation sites excluding steroid dienone is 2. The van der Waals surface area contributed by atoms with E-state index in [9.17, 15) is 0 Å². The van der Waals surface area contributed by atoms with Crippen LogP contribution < -0.4 is 0 Å². The Hall–Kier alpha value is -0.300. The SMILES string of the molecule is CC(C)(C)C/C=C\C(=N)Cl. The van der Waals surface area contributed by atoms with Gasteiger partial charge < -0.3 is 0 Å². The maximum atomic E-state index is 6.88. The smallest absolute Gasteiger partial charge is 0.120 e. The summed E-state index contributed by atoms with van der Waals surface area (Å²) in [5, 5.41) is 6.98. The summed E-state index contributed by atoms with van der Waals surface area (Å²) in [4.78, 5) is 0. The van der Waals surface area contributed by atoms with Crippen LogP contribution in [0.1, 0.15) is 27.2 Å². The van der Waals surface area contributed by atoms with Gasteiger partial charge in [0.25, 0.3) is 0 Å². The van der Waals surface area contributed by atoms with E-state index in [0.717, 1.165) is 6.42 Å². The summed E-state index contributed by atoms with van der Waals surface area (Å²) >= 11 is 5.30. The lowest BCUT2D eigenvalue weighted by atomic mass is 9.92. The molecule has 0 bridgehead atoms. The number of hydrogen-bond donors (Lipinski definition) is 1. The second-order valence-electron chi connectivity index (χ2n) is 3.52. The van der Waals surface area contributed by atoms with E-state index in [-0.39, 0.29) is 5.17 Å². The average molecular weight is 160 g/mol. The summed E-state index contributed by atoms with van der Waals surface area (Å²) in [7, 11) is 0. The molecule has 0 heterocycles. The molecule has 0 radical (unpaired) electrons. The van der Waals surface area contributed by atoms with Crippen LogP contribution >= 0.6 is 11.6 Å². The van der Waals surface area contributed by atoms with Crippen LogP contribution in [-0.2, 0) is 0 Å². The lowest BCUT2D eigenvalue weighted by Crippen LogP contribution is -2.01. The third-order valence-corrected chi connectivity index (χ3v) is 1.12. The Morgan fingerprint density at radius 3 is 2.30 bits per heavy atom. The van der Waals surface area contributed by atoms with Crippen LogP contribution in [0.5, 0.6) is 0 Å². The molecule has 1 nitrogen and oxygen atoms in total. The Kier molecular flexibility index (Phi) is 3.66. The molecular weight excluding hydrogens is 146 g/mol. The highest BCUT2D eigenvalue weighted by Gasteiger charge is 2.05. The van der Waals surface area contributed by atoms with E-state index >= 15 is 0 Å². The third-order valence-electron chi connectivity index (χ3n) is 0.994. The summed E-state index contributed by atoms with van der Waals surface area (Å²) in [6.07, 6.45) is 4.50. The van der Waals surface area contributed by atoms with E-state index in [1.165, 1.54) is 0 Å². The van der Waals surface area contributed by atoms with E-state index in [0.29, 0.717) is 5.41 Å². The summed E-state index contributed by atoms with van der Waals surface area (Å²) in [5.41, 5.74) is 0.294. The second kappa shape index (κ2) is 3.77. The normalized spacial score (nSPS) is 12.4. The van der Waals surface area contributed by atoms with Crippen molar-refractivity contribution in [3.05, 3.63) is 12.2 Å². The van der Waals surface area contributed by atoms with Crippen LogP contribution in [0.25, 0.3) is 0 Å². The largest absolute Gasteiger partial charge is 0.289 e. The first kappa shape index (κ1) is 9.70. The minimum atomic E-state index is 0.101. The van der Waals surface area contributed by atoms with Gasteiger partial charge in [0.2, 0.25) is 0 Å². The topological polar surface area (TPSA) is 23.9 Å².